The number of rotatable bonds is 10. The van der Waals surface area contributed by atoms with Gasteiger partial charge in [0.1, 0.15) is 11.6 Å². The quantitative estimate of drug-likeness (QED) is 0.180. The standard InChI is InChI=1S/C23H25ClN4O5/c24-18-5-2-1-4-17(18)23(14-19(29)30,28-12-11-27-21(31)22(28)32)10-3-13-33-16-8-6-15(7-9-16)20(25)26/h1-2,4-9H,3,10-14H2,(H3,25,26)(H,27,31)(H,29,30). The van der Waals surface area contributed by atoms with Gasteiger partial charge in [0.2, 0.25) is 0 Å². The molecule has 0 aromatic heterocycles. The van der Waals surface area contributed by atoms with Crippen LogP contribution in [-0.4, -0.2) is 53.3 Å². The highest BCUT2D eigenvalue weighted by molar-refractivity contribution is 6.36. The first-order valence-corrected chi connectivity index (χ1v) is 10.8. The largest absolute Gasteiger partial charge is 0.494 e. The summed E-state index contributed by atoms with van der Waals surface area (Å²) in [5.41, 5.74) is 5.18. The monoisotopic (exact) mass is 472 g/mol. The van der Waals surface area contributed by atoms with Crippen molar-refractivity contribution in [3.05, 3.63) is 64.7 Å². The zero-order chi connectivity index (χ0) is 24.0. The number of benzene rings is 2. The van der Waals surface area contributed by atoms with Crippen molar-refractivity contribution in [1.29, 1.82) is 5.41 Å². The fourth-order valence-corrected chi connectivity index (χ4v) is 4.37. The first kappa shape index (κ1) is 24.1. The summed E-state index contributed by atoms with van der Waals surface area (Å²) in [6.07, 6.45) is 0.189. The number of nitrogens with two attached hydrogens (primary N) is 1. The Hall–Kier alpha value is -3.59. The minimum Gasteiger partial charge on any atom is -0.494 e. The number of carbonyl (C=O) groups is 3. The minimum atomic E-state index is -1.32. The SMILES string of the molecule is N=C(N)c1ccc(OCCCC(CC(=O)O)(c2ccccc2Cl)N2CCNC(=O)C2=O)cc1. The number of hydrogen-bond acceptors (Lipinski definition) is 5. The topological polar surface area (TPSA) is 146 Å². The summed E-state index contributed by atoms with van der Waals surface area (Å²) in [6.45, 7) is 0.616. The summed E-state index contributed by atoms with van der Waals surface area (Å²) in [5, 5.41) is 20.0. The van der Waals surface area contributed by atoms with Gasteiger partial charge in [-0.3, -0.25) is 19.8 Å². The van der Waals surface area contributed by atoms with Crippen LogP contribution in [0.5, 0.6) is 5.75 Å². The summed E-state index contributed by atoms with van der Waals surface area (Å²) in [4.78, 5) is 38.2. The highest BCUT2D eigenvalue weighted by atomic mass is 35.5. The first-order valence-electron chi connectivity index (χ1n) is 10.4. The Morgan fingerprint density at radius 3 is 2.55 bits per heavy atom. The van der Waals surface area contributed by atoms with Crippen LogP contribution in [0.3, 0.4) is 0 Å². The van der Waals surface area contributed by atoms with Crippen molar-refractivity contribution in [3.63, 3.8) is 0 Å². The number of nitrogens with one attached hydrogen (secondary N) is 2. The number of amides is 2. The van der Waals surface area contributed by atoms with Crippen LogP contribution in [0.4, 0.5) is 0 Å². The van der Waals surface area contributed by atoms with Crippen molar-refractivity contribution >= 4 is 35.2 Å². The van der Waals surface area contributed by atoms with E-state index >= 15 is 0 Å². The molecule has 2 aromatic carbocycles. The van der Waals surface area contributed by atoms with Crippen molar-refractivity contribution in [2.24, 2.45) is 5.73 Å². The molecule has 1 unspecified atom stereocenters. The number of ether oxygens (including phenoxy) is 1. The second-order valence-corrected chi connectivity index (χ2v) is 8.09. The van der Waals surface area contributed by atoms with Crippen molar-refractivity contribution in [1.82, 2.24) is 10.2 Å². The van der Waals surface area contributed by atoms with Crippen LogP contribution in [0.15, 0.2) is 48.5 Å². The maximum absolute atomic E-state index is 12.8. The van der Waals surface area contributed by atoms with E-state index in [4.69, 9.17) is 27.5 Å². The Bertz CT molecular complexity index is 1060. The molecule has 1 fully saturated rings. The molecule has 0 spiro atoms. The van der Waals surface area contributed by atoms with Gasteiger partial charge in [0.25, 0.3) is 0 Å². The molecule has 0 aliphatic carbocycles. The highest BCUT2D eigenvalue weighted by Gasteiger charge is 2.46. The number of amidine groups is 1. The molecule has 0 bridgehead atoms. The molecule has 2 aromatic rings. The molecule has 1 saturated heterocycles. The van der Waals surface area contributed by atoms with Gasteiger partial charge in [-0.15, -0.1) is 0 Å². The molecule has 174 valence electrons. The Morgan fingerprint density at radius 2 is 1.91 bits per heavy atom. The van der Waals surface area contributed by atoms with Crippen LogP contribution >= 0.6 is 11.6 Å². The molecule has 1 aliphatic rings. The Kier molecular flexibility index (Phi) is 7.55. The second-order valence-electron chi connectivity index (χ2n) is 7.68. The van der Waals surface area contributed by atoms with Gasteiger partial charge in [0, 0.05) is 23.7 Å². The van der Waals surface area contributed by atoms with Gasteiger partial charge in [-0.2, -0.15) is 0 Å². The molecular formula is C23H25ClN4O5. The Labute approximate surface area is 196 Å². The lowest BCUT2D eigenvalue weighted by Crippen LogP contribution is -2.60. The van der Waals surface area contributed by atoms with Gasteiger partial charge in [-0.05, 0) is 48.7 Å². The molecule has 1 heterocycles. The van der Waals surface area contributed by atoms with E-state index in [0.29, 0.717) is 28.3 Å². The van der Waals surface area contributed by atoms with Crippen LogP contribution in [0.2, 0.25) is 5.02 Å². The molecule has 5 N–H and O–H groups in total. The molecule has 9 nitrogen and oxygen atoms in total. The van der Waals surface area contributed by atoms with Crippen molar-refractivity contribution in [3.8, 4) is 5.75 Å². The van der Waals surface area contributed by atoms with Crippen molar-refractivity contribution < 1.29 is 24.2 Å². The molecule has 0 radical (unpaired) electrons. The first-order chi connectivity index (χ1) is 15.7. The second kappa shape index (κ2) is 10.4. The predicted molar refractivity (Wildman–Crippen MR) is 122 cm³/mol. The number of aliphatic carboxylic acids is 1. The number of nitrogen functional groups attached to an aromatic ring is 1. The van der Waals surface area contributed by atoms with Gasteiger partial charge in [0.15, 0.2) is 0 Å². The molecule has 1 atom stereocenters. The molecule has 3 rings (SSSR count). The van der Waals surface area contributed by atoms with E-state index in [-0.39, 0.29) is 32.0 Å². The lowest BCUT2D eigenvalue weighted by molar-refractivity contribution is -0.157. The lowest BCUT2D eigenvalue weighted by atomic mass is 9.80. The number of piperazine rings is 1. The fraction of sp³-hybridized carbons (Fsp3) is 0.304. The summed E-state index contributed by atoms with van der Waals surface area (Å²) >= 11 is 6.45. The number of carbonyl (C=O) groups excluding carboxylic acids is 2. The number of nitrogens with zero attached hydrogens (tertiary/aromatic N) is 1. The third kappa shape index (κ3) is 5.43. The van der Waals surface area contributed by atoms with Gasteiger partial charge in [-0.25, -0.2) is 0 Å². The molecular weight excluding hydrogens is 448 g/mol. The molecule has 0 saturated carbocycles. The number of carboxylic acids is 1. The smallest absolute Gasteiger partial charge is 0.312 e. The molecule has 1 aliphatic heterocycles. The van der Waals surface area contributed by atoms with Crippen LogP contribution < -0.4 is 15.8 Å². The maximum atomic E-state index is 12.8. The Balaban J connectivity index is 1.86. The van der Waals surface area contributed by atoms with E-state index in [9.17, 15) is 19.5 Å². The zero-order valence-electron chi connectivity index (χ0n) is 17.8. The Morgan fingerprint density at radius 1 is 1.21 bits per heavy atom. The van der Waals surface area contributed by atoms with Crippen LogP contribution in [0, 0.1) is 5.41 Å². The molecule has 33 heavy (non-hydrogen) atoms. The van der Waals surface area contributed by atoms with Crippen LogP contribution in [0.25, 0.3) is 0 Å². The number of carboxylic acid groups (broad SMARTS) is 1. The number of hydrogen-bond donors (Lipinski definition) is 4. The fourth-order valence-electron chi connectivity index (χ4n) is 4.06. The molecule has 10 heteroatoms. The lowest BCUT2D eigenvalue weighted by Gasteiger charge is -2.45. The van der Waals surface area contributed by atoms with Crippen molar-refractivity contribution in [2.45, 2.75) is 24.8 Å². The van der Waals surface area contributed by atoms with E-state index in [1.165, 1.54) is 4.90 Å². The van der Waals surface area contributed by atoms with Gasteiger partial charge < -0.3 is 25.8 Å². The normalized spacial score (nSPS) is 15.5. The van der Waals surface area contributed by atoms with E-state index < -0.39 is 29.7 Å². The summed E-state index contributed by atoms with van der Waals surface area (Å²) in [7, 11) is 0. The maximum Gasteiger partial charge on any atom is 0.312 e. The molecule has 2 amide bonds. The minimum absolute atomic E-state index is 0.0463. The zero-order valence-corrected chi connectivity index (χ0v) is 18.6. The summed E-state index contributed by atoms with van der Waals surface area (Å²) in [6, 6.07) is 13.5. The van der Waals surface area contributed by atoms with E-state index in [2.05, 4.69) is 5.32 Å². The summed E-state index contributed by atoms with van der Waals surface area (Å²) < 4.78 is 5.77. The van der Waals surface area contributed by atoms with E-state index in [1.807, 2.05) is 0 Å². The third-order valence-corrected chi connectivity index (χ3v) is 5.89. The van der Waals surface area contributed by atoms with Gasteiger partial charge >= 0.3 is 17.8 Å². The summed E-state index contributed by atoms with van der Waals surface area (Å²) in [5.74, 6) is -2.16. The number of halogens is 1. The predicted octanol–water partition coefficient (Wildman–Crippen LogP) is 2.11. The average molecular weight is 473 g/mol. The average Bonchev–Trinajstić information content (AvgIpc) is 2.78. The third-order valence-electron chi connectivity index (χ3n) is 5.56. The van der Waals surface area contributed by atoms with E-state index in [1.54, 1.807) is 48.5 Å². The van der Waals surface area contributed by atoms with E-state index in [0.717, 1.165) is 0 Å². The van der Waals surface area contributed by atoms with Gasteiger partial charge in [-0.1, -0.05) is 29.8 Å². The van der Waals surface area contributed by atoms with Crippen LogP contribution in [0.1, 0.15) is 30.4 Å². The van der Waals surface area contributed by atoms with Crippen LogP contribution in [-0.2, 0) is 19.9 Å². The highest BCUT2D eigenvalue weighted by Crippen LogP contribution is 2.41. The van der Waals surface area contributed by atoms with Gasteiger partial charge in [0.05, 0.1) is 18.6 Å². The van der Waals surface area contributed by atoms with Crippen molar-refractivity contribution in [2.75, 3.05) is 19.7 Å².